The van der Waals surface area contributed by atoms with Crippen LogP contribution in [-0.4, -0.2) is 30.1 Å². The van der Waals surface area contributed by atoms with Crippen molar-refractivity contribution in [2.24, 2.45) is 11.8 Å². The van der Waals surface area contributed by atoms with Crippen LogP contribution in [0.2, 0.25) is 5.02 Å². The van der Waals surface area contributed by atoms with Gasteiger partial charge in [0.05, 0.1) is 0 Å². The number of halogens is 2. The number of likely N-dealkylation sites (tertiary alicyclic amines) is 1. The van der Waals surface area contributed by atoms with E-state index in [0.29, 0.717) is 29.0 Å². The highest BCUT2D eigenvalue weighted by molar-refractivity contribution is 6.31. The van der Waals surface area contributed by atoms with Crippen LogP contribution in [0.3, 0.4) is 0 Å². The van der Waals surface area contributed by atoms with Gasteiger partial charge in [-0.2, -0.15) is 0 Å². The van der Waals surface area contributed by atoms with Crippen LogP contribution in [-0.2, 0) is 6.54 Å². The lowest BCUT2D eigenvalue weighted by Gasteiger charge is -2.36. The molecule has 0 saturated carbocycles. The molecule has 2 atom stereocenters. The molecule has 2 saturated heterocycles. The second kappa shape index (κ2) is 4.72. The molecule has 1 aromatic carbocycles. The molecular formula is C15H20ClFN2. The number of hydrogen-bond donors (Lipinski definition) is 1. The minimum atomic E-state index is -0.196. The molecule has 2 aliphatic rings. The van der Waals surface area contributed by atoms with Crippen LogP contribution in [0.25, 0.3) is 0 Å². The van der Waals surface area contributed by atoms with Crippen LogP contribution in [0.15, 0.2) is 18.2 Å². The second-order valence-electron chi connectivity index (χ2n) is 6.26. The standard InChI is InChI=1S/C15H20ClFN2/c1-15(2)12-7-18-6-10(12)8-19(15)9-11-13(16)4-3-5-14(11)17/h3-5,10,12,18H,6-9H2,1-2H3. The number of benzene rings is 1. The summed E-state index contributed by atoms with van der Waals surface area (Å²) in [5.74, 6) is 1.14. The fourth-order valence-electron chi connectivity index (χ4n) is 3.65. The Morgan fingerprint density at radius 2 is 2.21 bits per heavy atom. The van der Waals surface area contributed by atoms with E-state index in [4.69, 9.17) is 11.6 Å². The molecule has 104 valence electrons. The fraction of sp³-hybridized carbons (Fsp3) is 0.600. The molecule has 0 bridgehead atoms. The molecule has 0 spiro atoms. The minimum absolute atomic E-state index is 0.0970. The maximum Gasteiger partial charge on any atom is 0.129 e. The van der Waals surface area contributed by atoms with Gasteiger partial charge >= 0.3 is 0 Å². The Bertz CT molecular complexity index is 469. The van der Waals surface area contributed by atoms with Gasteiger partial charge in [0.1, 0.15) is 5.82 Å². The molecule has 4 heteroatoms. The maximum atomic E-state index is 13.9. The van der Waals surface area contributed by atoms with Gasteiger partial charge in [0.15, 0.2) is 0 Å². The summed E-state index contributed by atoms with van der Waals surface area (Å²) in [4.78, 5) is 2.38. The quantitative estimate of drug-likeness (QED) is 0.897. The second-order valence-corrected chi connectivity index (χ2v) is 6.67. The SMILES string of the molecule is CC1(C)C2CNCC2CN1Cc1c(F)cccc1Cl. The molecule has 2 aliphatic heterocycles. The van der Waals surface area contributed by atoms with Crippen molar-refractivity contribution in [1.29, 1.82) is 0 Å². The molecule has 1 aromatic rings. The van der Waals surface area contributed by atoms with E-state index in [2.05, 4.69) is 24.1 Å². The predicted octanol–water partition coefficient (Wildman–Crippen LogP) is 2.91. The van der Waals surface area contributed by atoms with Gasteiger partial charge in [0.2, 0.25) is 0 Å². The lowest BCUT2D eigenvalue weighted by molar-refractivity contribution is 0.130. The molecule has 2 fully saturated rings. The first-order valence-electron chi connectivity index (χ1n) is 6.89. The van der Waals surface area contributed by atoms with Crippen LogP contribution in [0.1, 0.15) is 19.4 Å². The number of rotatable bonds is 2. The fourth-order valence-corrected chi connectivity index (χ4v) is 3.87. The van der Waals surface area contributed by atoms with Gasteiger partial charge in [-0.15, -0.1) is 0 Å². The van der Waals surface area contributed by atoms with Gasteiger partial charge in [-0.05, 0) is 44.4 Å². The van der Waals surface area contributed by atoms with E-state index in [-0.39, 0.29) is 11.4 Å². The average Bonchev–Trinajstić information content (AvgIpc) is 2.88. The van der Waals surface area contributed by atoms with Crippen LogP contribution < -0.4 is 5.32 Å². The monoisotopic (exact) mass is 282 g/mol. The smallest absolute Gasteiger partial charge is 0.129 e. The van der Waals surface area contributed by atoms with Crippen molar-refractivity contribution >= 4 is 11.6 Å². The minimum Gasteiger partial charge on any atom is -0.316 e. The van der Waals surface area contributed by atoms with Gasteiger partial charge < -0.3 is 5.32 Å². The molecule has 0 aliphatic carbocycles. The number of nitrogens with one attached hydrogen (secondary N) is 1. The van der Waals surface area contributed by atoms with Crippen molar-refractivity contribution in [2.45, 2.75) is 25.9 Å². The van der Waals surface area contributed by atoms with Gasteiger partial charge in [0.25, 0.3) is 0 Å². The largest absolute Gasteiger partial charge is 0.316 e. The number of fused-ring (bicyclic) bond motifs is 1. The lowest BCUT2D eigenvalue weighted by atomic mass is 9.85. The predicted molar refractivity (Wildman–Crippen MR) is 75.7 cm³/mol. The van der Waals surface area contributed by atoms with Crippen LogP contribution >= 0.6 is 11.6 Å². The summed E-state index contributed by atoms with van der Waals surface area (Å²) >= 11 is 6.14. The Kier molecular flexibility index (Phi) is 3.32. The molecule has 19 heavy (non-hydrogen) atoms. The summed E-state index contributed by atoms with van der Waals surface area (Å²) < 4.78 is 13.9. The van der Waals surface area contributed by atoms with Crippen LogP contribution in [0.4, 0.5) is 4.39 Å². The first-order valence-corrected chi connectivity index (χ1v) is 7.26. The topological polar surface area (TPSA) is 15.3 Å². The molecule has 2 heterocycles. The highest BCUT2D eigenvalue weighted by atomic mass is 35.5. The first kappa shape index (κ1) is 13.3. The summed E-state index contributed by atoms with van der Waals surface area (Å²) in [5.41, 5.74) is 0.727. The summed E-state index contributed by atoms with van der Waals surface area (Å²) in [6, 6.07) is 4.92. The van der Waals surface area contributed by atoms with Crippen molar-refractivity contribution in [3.8, 4) is 0 Å². The van der Waals surface area contributed by atoms with E-state index in [1.165, 1.54) is 6.07 Å². The zero-order valence-electron chi connectivity index (χ0n) is 11.4. The number of hydrogen-bond acceptors (Lipinski definition) is 2. The third kappa shape index (κ3) is 2.18. The van der Waals surface area contributed by atoms with Gasteiger partial charge in [-0.25, -0.2) is 4.39 Å². The summed E-state index contributed by atoms with van der Waals surface area (Å²) in [7, 11) is 0. The summed E-state index contributed by atoms with van der Waals surface area (Å²) in [6.45, 7) is 8.30. The maximum absolute atomic E-state index is 13.9. The van der Waals surface area contributed by atoms with E-state index < -0.39 is 0 Å². The normalized spacial score (nSPS) is 29.7. The number of nitrogens with zero attached hydrogens (tertiary/aromatic N) is 1. The Balaban J connectivity index is 1.84. The van der Waals surface area contributed by atoms with Crippen LogP contribution in [0, 0.1) is 17.7 Å². The van der Waals surface area contributed by atoms with Crippen LogP contribution in [0.5, 0.6) is 0 Å². The molecule has 3 rings (SSSR count). The molecule has 0 amide bonds. The average molecular weight is 283 g/mol. The molecule has 1 N–H and O–H groups in total. The molecule has 2 nitrogen and oxygen atoms in total. The Morgan fingerprint density at radius 1 is 1.42 bits per heavy atom. The highest BCUT2D eigenvalue weighted by Gasteiger charge is 2.49. The van der Waals surface area contributed by atoms with Crippen molar-refractivity contribution in [1.82, 2.24) is 10.2 Å². The van der Waals surface area contributed by atoms with Crippen molar-refractivity contribution in [3.63, 3.8) is 0 Å². The Hall–Kier alpha value is -0.640. The van der Waals surface area contributed by atoms with Crippen molar-refractivity contribution in [2.75, 3.05) is 19.6 Å². The van der Waals surface area contributed by atoms with E-state index in [1.807, 2.05) is 0 Å². The van der Waals surface area contributed by atoms with Crippen molar-refractivity contribution < 1.29 is 4.39 Å². The molecule has 0 aromatic heterocycles. The molecule has 2 unspecified atom stereocenters. The van der Waals surface area contributed by atoms with Gasteiger partial charge in [-0.3, -0.25) is 4.90 Å². The van der Waals surface area contributed by atoms with E-state index in [0.717, 1.165) is 19.6 Å². The third-order valence-electron chi connectivity index (χ3n) is 4.93. The lowest BCUT2D eigenvalue weighted by Crippen LogP contribution is -2.44. The Labute approximate surface area is 118 Å². The highest BCUT2D eigenvalue weighted by Crippen LogP contribution is 2.41. The van der Waals surface area contributed by atoms with E-state index in [1.54, 1.807) is 12.1 Å². The van der Waals surface area contributed by atoms with E-state index >= 15 is 0 Å². The third-order valence-corrected chi connectivity index (χ3v) is 5.28. The van der Waals surface area contributed by atoms with Gasteiger partial charge in [-0.1, -0.05) is 17.7 Å². The summed E-state index contributed by atoms with van der Waals surface area (Å²) in [5, 5.41) is 3.99. The first-order chi connectivity index (χ1) is 9.00. The van der Waals surface area contributed by atoms with Crippen molar-refractivity contribution in [3.05, 3.63) is 34.6 Å². The Morgan fingerprint density at radius 3 is 2.89 bits per heavy atom. The molecule has 0 radical (unpaired) electrons. The van der Waals surface area contributed by atoms with Gasteiger partial charge in [0, 0.05) is 35.8 Å². The summed E-state index contributed by atoms with van der Waals surface area (Å²) in [6.07, 6.45) is 0. The van der Waals surface area contributed by atoms with E-state index in [9.17, 15) is 4.39 Å². The molecular weight excluding hydrogens is 263 g/mol. The zero-order valence-corrected chi connectivity index (χ0v) is 12.2. The zero-order chi connectivity index (χ0) is 13.6.